The molecular weight excluding hydrogens is 534 g/mol. The van der Waals surface area contributed by atoms with Crippen molar-refractivity contribution in [2.45, 2.75) is 38.2 Å². The molecule has 0 aliphatic carbocycles. The average molecular weight is 570 g/mol. The van der Waals surface area contributed by atoms with Crippen LogP contribution in [0.1, 0.15) is 37.7 Å². The molecular formula is C30H36ClN3O6. The molecule has 0 saturated carbocycles. The number of aliphatic hydroxyl groups is 1. The normalized spacial score (nSPS) is 21.9. The molecule has 2 fully saturated rings. The number of rotatable bonds is 6. The van der Waals surface area contributed by atoms with Crippen LogP contribution in [0.2, 0.25) is 5.02 Å². The first-order valence-electron chi connectivity index (χ1n) is 13.9. The minimum atomic E-state index is -0.811. The van der Waals surface area contributed by atoms with Crippen molar-refractivity contribution < 1.29 is 24.2 Å². The Hall–Kier alpha value is -3.11. The predicted molar refractivity (Wildman–Crippen MR) is 154 cm³/mol. The molecule has 3 N–H and O–H groups in total. The van der Waals surface area contributed by atoms with Crippen LogP contribution in [-0.2, 0) is 0 Å². The van der Waals surface area contributed by atoms with Crippen LogP contribution in [0.3, 0.4) is 0 Å². The summed E-state index contributed by atoms with van der Waals surface area (Å²) >= 11 is 6.42. The van der Waals surface area contributed by atoms with Crippen LogP contribution in [0.5, 0.6) is 11.5 Å². The summed E-state index contributed by atoms with van der Waals surface area (Å²) in [4.78, 5) is 30.4. The molecule has 1 aromatic heterocycles. The summed E-state index contributed by atoms with van der Waals surface area (Å²) in [7, 11) is 1.92. The second-order valence-corrected chi connectivity index (χ2v) is 11.2. The quantitative estimate of drug-likeness (QED) is 0.400. The van der Waals surface area contributed by atoms with Gasteiger partial charge in [0.25, 0.3) is 0 Å². The molecule has 0 radical (unpaired) electrons. The Bertz CT molecular complexity index is 1440. The zero-order valence-corrected chi connectivity index (χ0v) is 23.6. The van der Waals surface area contributed by atoms with Crippen LogP contribution < -0.4 is 15.5 Å². The lowest BCUT2D eigenvalue weighted by Gasteiger charge is -2.35. The molecule has 2 saturated heterocycles. The van der Waals surface area contributed by atoms with E-state index < -0.39 is 23.5 Å². The van der Waals surface area contributed by atoms with Gasteiger partial charge in [0.1, 0.15) is 28.2 Å². The molecule has 1 unspecified atom stereocenters. The van der Waals surface area contributed by atoms with Gasteiger partial charge in [0, 0.05) is 48.8 Å². The van der Waals surface area contributed by atoms with Crippen molar-refractivity contribution in [1.82, 2.24) is 15.1 Å². The number of carbonyl (C=O) groups is 1. The van der Waals surface area contributed by atoms with Gasteiger partial charge in [-0.25, -0.2) is 4.79 Å². The third kappa shape index (κ3) is 5.83. The highest BCUT2D eigenvalue weighted by molar-refractivity contribution is 6.33. The SMILES string of the molecule is CCN(CC1CCCNC1)C(=O)Oc1cc(O)c2c(=O)cc(-c3ccccc3Cl)oc2c1[C@H]1CCN(C)C[C@H]1O. The molecule has 3 aromatic rings. The van der Waals surface area contributed by atoms with Crippen molar-refractivity contribution in [1.29, 1.82) is 0 Å². The number of fused-ring (bicyclic) bond motifs is 1. The Balaban J connectivity index is 1.62. The molecule has 1 amide bonds. The lowest BCUT2D eigenvalue weighted by molar-refractivity contribution is 0.0627. The number of nitrogens with zero attached hydrogens (tertiary/aromatic N) is 2. The molecule has 3 heterocycles. The van der Waals surface area contributed by atoms with Crippen molar-refractivity contribution in [3.63, 3.8) is 0 Å². The van der Waals surface area contributed by atoms with E-state index in [4.69, 9.17) is 20.8 Å². The predicted octanol–water partition coefficient (Wildman–Crippen LogP) is 4.42. The number of likely N-dealkylation sites (tertiary alicyclic amines) is 1. The van der Waals surface area contributed by atoms with E-state index in [1.54, 1.807) is 29.2 Å². The highest BCUT2D eigenvalue weighted by atomic mass is 35.5. The van der Waals surface area contributed by atoms with Gasteiger partial charge in [-0.2, -0.15) is 0 Å². The number of hydrogen-bond acceptors (Lipinski definition) is 8. The maximum Gasteiger partial charge on any atom is 0.415 e. The Morgan fingerprint density at radius 1 is 1.27 bits per heavy atom. The summed E-state index contributed by atoms with van der Waals surface area (Å²) in [6.45, 7) is 5.78. The topological polar surface area (TPSA) is 115 Å². The van der Waals surface area contributed by atoms with Gasteiger partial charge in [-0.3, -0.25) is 4.79 Å². The maximum absolute atomic E-state index is 13.5. The highest BCUT2D eigenvalue weighted by Crippen LogP contribution is 2.43. The number of hydrogen-bond donors (Lipinski definition) is 3. The number of phenols is 1. The molecule has 2 aliphatic heterocycles. The second kappa shape index (κ2) is 12.2. The van der Waals surface area contributed by atoms with Gasteiger partial charge in [-0.15, -0.1) is 0 Å². The molecule has 0 spiro atoms. The Labute approximate surface area is 238 Å². The van der Waals surface area contributed by atoms with Crippen molar-refractivity contribution in [2.75, 3.05) is 46.3 Å². The highest BCUT2D eigenvalue weighted by Gasteiger charge is 2.35. The Morgan fingerprint density at radius 2 is 2.08 bits per heavy atom. The zero-order chi connectivity index (χ0) is 28.4. The number of likely N-dealkylation sites (N-methyl/N-ethyl adjacent to an activating group) is 1. The fourth-order valence-electron chi connectivity index (χ4n) is 5.85. The van der Waals surface area contributed by atoms with Crippen LogP contribution in [0.15, 0.2) is 45.6 Å². The third-order valence-electron chi connectivity index (χ3n) is 7.99. The molecule has 2 aromatic carbocycles. The number of β-amino-alcohol motifs (C(OH)–C–C–N with tert-alkyl or cyclic N) is 1. The van der Waals surface area contributed by atoms with E-state index in [0.717, 1.165) is 25.9 Å². The van der Waals surface area contributed by atoms with Gasteiger partial charge < -0.3 is 34.5 Å². The van der Waals surface area contributed by atoms with Crippen LogP contribution in [-0.4, -0.2) is 78.5 Å². The number of ether oxygens (including phenoxy) is 1. The average Bonchev–Trinajstić information content (AvgIpc) is 2.93. The minimum absolute atomic E-state index is 0.0302. The smallest absolute Gasteiger partial charge is 0.415 e. The number of phenolic OH excluding ortho intramolecular Hbond substituents is 1. The van der Waals surface area contributed by atoms with E-state index >= 15 is 0 Å². The summed E-state index contributed by atoms with van der Waals surface area (Å²) in [5, 5.41) is 25.9. The van der Waals surface area contributed by atoms with Crippen LogP contribution in [0.25, 0.3) is 22.3 Å². The second-order valence-electron chi connectivity index (χ2n) is 10.8. The molecule has 3 atom stereocenters. The van der Waals surface area contributed by atoms with E-state index in [1.165, 1.54) is 12.1 Å². The van der Waals surface area contributed by atoms with Gasteiger partial charge in [0.15, 0.2) is 5.43 Å². The number of aromatic hydroxyl groups is 1. The van der Waals surface area contributed by atoms with Crippen LogP contribution >= 0.6 is 11.6 Å². The third-order valence-corrected chi connectivity index (χ3v) is 8.32. The lowest BCUT2D eigenvalue weighted by atomic mass is 9.85. The maximum atomic E-state index is 13.5. The Kier molecular flexibility index (Phi) is 8.65. The molecule has 2 aliphatic rings. The monoisotopic (exact) mass is 569 g/mol. The Morgan fingerprint density at radius 3 is 2.77 bits per heavy atom. The molecule has 0 bridgehead atoms. The summed E-state index contributed by atoms with van der Waals surface area (Å²) < 4.78 is 12.3. The van der Waals surface area contributed by atoms with Crippen molar-refractivity contribution in [2.24, 2.45) is 5.92 Å². The van der Waals surface area contributed by atoms with Crippen molar-refractivity contribution in [3.8, 4) is 22.8 Å². The zero-order valence-electron chi connectivity index (χ0n) is 22.9. The first-order chi connectivity index (χ1) is 19.3. The standard InChI is InChI=1S/C30H36ClN3O6/c1-3-34(16-18-7-6-11-32-15-18)30(38)40-26-14-23(36)28-22(35)13-25(19-8-4-5-9-21(19)31)39-29(28)27(26)20-10-12-33(2)17-24(20)37/h4-5,8-9,13-14,18,20,24,32,36-37H,3,6-7,10-12,15-17H2,1-2H3/t18?,20-,24+/m0/s1. The molecule has 40 heavy (non-hydrogen) atoms. The van der Waals surface area contributed by atoms with Crippen molar-refractivity contribution >= 4 is 28.7 Å². The number of amides is 1. The molecule has 9 nitrogen and oxygen atoms in total. The van der Waals surface area contributed by atoms with Crippen LogP contribution in [0.4, 0.5) is 4.79 Å². The number of nitrogens with one attached hydrogen (secondary N) is 1. The first-order valence-corrected chi connectivity index (χ1v) is 14.3. The number of halogens is 1. The van der Waals surface area contributed by atoms with E-state index in [2.05, 4.69) is 5.32 Å². The van der Waals surface area contributed by atoms with E-state index in [0.29, 0.717) is 54.7 Å². The first kappa shape index (κ1) is 28.4. The van der Waals surface area contributed by atoms with E-state index in [9.17, 15) is 19.8 Å². The van der Waals surface area contributed by atoms with Gasteiger partial charge >= 0.3 is 6.09 Å². The molecule has 5 rings (SSSR count). The van der Waals surface area contributed by atoms with Gasteiger partial charge in [-0.1, -0.05) is 23.7 Å². The fourth-order valence-corrected chi connectivity index (χ4v) is 6.08. The summed E-state index contributed by atoms with van der Waals surface area (Å²) in [6, 6.07) is 9.57. The number of piperidine rings is 2. The van der Waals surface area contributed by atoms with Crippen molar-refractivity contribution in [3.05, 3.63) is 57.2 Å². The van der Waals surface area contributed by atoms with E-state index in [-0.39, 0.29) is 28.2 Å². The minimum Gasteiger partial charge on any atom is -0.507 e. The van der Waals surface area contributed by atoms with Crippen LogP contribution in [0, 0.1) is 5.92 Å². The van der Waals surface area contributed by atoms with Gasteiger partial charge in [-0.05, 0) is 70.9 Å². The van der Waals surface area contributed by atoms with Gasteiger partial charge in [0.05, 0.1) is 11.1 Å². The largest absolute Gasteiger partial charge is 0.507 e. The summed E-state index contributed by atoms with van der Waals surface area (Å²) in [6.07, 6.45) is 1.25. The lowest BCUT2D eigenvalue weighted by Crippen LogP contribution is -2.42. The molecule has 214 valence electrons. The fraction of sp³-hybridized carbons (Fsp3) is 0.467. The van der Waals surface area contributed by atoms with E-state index in [1.807, 2.05) is 18.9 Å². The summed E-state index contributed by atoms with van der Waals surface area (Å²) in [5.41, 5.74) is 0.523. The van der Waals surface area contributed by atoms with Gasteiger partial charge in [0.2, 0.25) is 0 Å². The summed E-state index contributed by atoms with van der Waals surface area (Å²) in [5.74, 6) is -0.247. The number of aliphatic hydroxyl groups excluding tert-OH is 1. The number of benzene rings is 2. The molecule has 10 heteroatoms. The number of carbonyl (C=O) groups excluding carboxylic acids is 1.